The molecule has 3 aromatic rings. The van der Waals surface area contributed by atoms with E-state index in [-0.39, 0.29) is 0 Å². The summed E-state index contributed by atoms with van der Waals surface area (Å²) >= 11 is 1.71. The number of ether oxygens (including phenoxy) is 3. The topological polar surface area (TPSA) is 57.7 Å². The lowest BCUT2D eigenvalue weighted by Crippen LogP contribution is -2.02. The fourth-order valence-electron chi connectivity index (χ4n) is 3.12. The molecule has 0 radical (unpaired) electrons. The number of pyridine rings is 1. The SMILES string of the molecule is COC(=O)/C=C/c1nc(CSc2ccccc2)ccc1OCCCCc1ccc(OC)cc1. The molecule has 0 bridgehead atoms. The number of benzene rings is 2. The predicted octanol–water partition coefficient (Wildman–Crippen LogP) is 5.97. The quantitative estimate of drug-likeness (QED) is 0.143. The number of thioether (sulfide) groups is 1. The number of rotatable bonds is 12. The molecule has 0 fully saturated rings. The first-order valence-corrected chi connectivity index (χ1v) is 11.9. The minimum atomic E-state index is -0.425. The minimum absolute atomic E-state index is 0.425. The van der Waals surface area contributed by atoms with Crippen LogP contribution in [0.15, 0.2) is 77.7 Å². The van der Waals surface area contributed by atoms with Crippen molar-refractivity contribution in [2.24, 2.45) is 0 Å². The van der Waals surface area contributed by atoms with E-state index in [1.165, 1.54) is 23.6 Å². The van der Waals surface area contributed by atoms with Crippen molar-refractivity contribution in [3.63, 3.8) is 0 Å². The van der Waals surface area contributed by atoms with Crippen molar-refractivity contribution >= 4 is 23.8 Å². The van der Waals surface area contributed by atoms with Crippen LogP contribution in [0.3, 0.4) is 0 Å². The Labute approximate surface area is 199 Å². The van der Waals surface area contributed by atoms with Crippen LogP contribution < -0.4 is 9.47 Å². The summed E-state index contributed by atoms with van der Waals surface area (Å²) < 4.78 is 15.9. The van der Waals surface area contributed by atoms with Crippen molar-refractivity contribution in [2.75, 3.05) is 20.8 Å². The van der Waals surface area contributed by atoms with E-state index in [9.17, 15) is 4.79 Å². The van der Waals surface area contributed by atoms with Gasteiger partial charge in [0.2, 0.25) is 0 Å². The first-order valence-electron chi connectivity index (χ1n) is 10.9. The summed E-state index contributed by atoms with van der Waals surface area (Å²) in [7, 11) is 3.03. The molecule has 0 amide bonds. The van der Waals surface area contributed by atoms with Gasteiger partial charge in [0, 0.05) is 16.7 Å². The summed E-state index contributed by atoms with van der Waals surface area (Å²) in [6.07, 6.45) is 5.93. The second-order valence-corrected chi connectivity index (χ2v) is 8.35. The normalized spacial score (nSPS) is 10.8. The smallest absolute Gasteiger partial charge is 0.330 e. The van der Waals surface area contributed by atoms with Crippen molar-refractivity contribution in [3.8, 4) is 11.5 Å². The predicted molar refractivity (Wildman–Crippen MR) is 133 cm³/mol. The van der Waals surface area contributed by atoms with Crippen LogP contribution >= 0.6 is 11.8 Å². The summed E-state index contributed by atoms with van der Waals surface area (Å²) in [5.41, 5.74) is 2.82. The molecule has 3 rings (SSSR count). The molecule has 0 saturated carbocycles. The van der Waals surface area contributed by atoms with Gasteiger partial charge >= 0.3 is 5.97 Å². The first-order chi connectivity index (χ1) is 16.2. The number of unbranched alkanes of at least 4 members (excludes halogenated alkanes) is 1. The molecule has 0 saturated heterocycles. The van der Waals surface area contributed by atoms with Gasteiger partial charge in [0.1, 0.15) is 17.2 Å². The molecular weight excluding hydrogens is 434 g/mol. The minimum Gasteiger partial charge on any atom is -0.497 e. The molecular formula is C27H29NO4S. The average Bonchev–Trinajstić information content (AvgIpc) is 2.87. The first kappa shape index (κ1) is 24.4. The van der Waals surface area contributed by atoms with Crippen LogP contribution in [0.4, 0.5) is 0 Å². The maximum absolute atomic E-state index is 11.6. The van der Waals surface area contributed by atoms with E-state index in [4.69, 9.17) is 19.2 Å². The summed E-state index contributed by atoms with van der Waals surface area (Å²) in [5.74, 6) is 1.83. The van der Waals surface area contributed by atoms with E-state index >= 15 is 0 Å². The summed E-state index contributed by atoms with van der Waals surface area (Å²) in [6, 6.07) is 22.2. The van der Waals surface area contributed by atoms with Gasteiger partial charge in [0.15, 0.2) is 0 Å². The highest BCUT2D eigenvalue weighted by Gasteiger charge is 2.07. The number of carbonyl (C=O) groups excluding carboxylic acids is 1. The van der Waals surface area contributed by atoms with Crippen LogP contribution in [-0.4, -0.2) is 31.8 Å². The molecule has 1 heterocycles. The molecule has 5 nitrogen and oxygen atoms in total. The van der Waals surface area contributed by atoms with Crippen molar-refractivity contribution in [1.29, 1.82) is 0 Å². The highest BCUT2D eigenvalue weighted by atomic mass is 32.2. The Kier molecular flexibility index (Phi) is 9.86. The lowest BCUT2D eigenvalue weighted by molar-refractivity contribution is -0.134. The molecule has 33 heavy (non-hydrogen) atoms. The lowest BCUT2D eigenvalue weighted by atomic mass is 10.1. The Bertz CT molecular complexity index is 1040. The largest absolute Gasteiger partial charge is 0.497 e. The van der Waals surface area contributed by atoms with Crippen molar-refractivity contribution in [2.45, 2.75) is 29.9 Å². The molecule has 1 aromatic heterocycles. The van der Waals surface area contributed by atoms with E-state index in [0.717, 1.165) is 36.5 Å². The summed E-state index contributed by atoms with van der Waals surface area (Å²) in [4.78, 5) is 17.5. The molecule has 6 heteroatoms. The van der Waals surface area contributed by atoms with Crippen LogP contribution in [0.2, 0.25) is 0 Å². The van der Waals surface area contributed by atoms with Gasteiger partial charge < -0.3 is 14.2 Å². The molecule has 0 N–H and O–H groups in total. The maximum Gasteiger partial charge on any atom is 0.330 e. The van der Waals surface area contributed by atoms with Crippen molar-refractivity contribution in [3.05, 3.63) is 89.8 Å². The fraction of sp³-hybridized carbons (Fsp3) is 0.259. The van der Waals surface area contributed by atoms with Gasteiger partial charge in [-0.2, -0.15) is 0 Å². The van der Waals surface area contributed by atoms with E-state index < -0.39 is 5.97 Å². The third-order valence-electron chi connectivity index (χ3n) is 4.93. The number of methoxy groups -OCH3 is 2. The van der Waals surface area contributed by atoms with E-state index in [0.29, 0.717) is 18.1 Å². The van der Waals surface area contributed by atoms with Crippen LogP contribution in [0.5, 0.6) is 11.5 Å². The van der Waals surface area contributed by atoms with Gasteiger partial charge in [-0.15, -0.1) is 11.8 Å². The number of aryl methyl sites for hydroxylation is 1. The number of nitrogens with zero attached hydrogens (tertiary/aromatic N) is 1. The van der Waals surface area contributed by atoms with Crippen LogP contribution in [0, 0.1) is 0 Å². The second kappa shape index (κ2) is 13.3. The lowest BCUT2D eigenvalue weighted by Gasteiger charge is -2.11. The molecule has 0 unspecified atom stereocenters. The Morgan fingerprint density at radius 2 is 1.76 bits per heavy atom. The summed E-state index contributed by atoms with van der Waals surface area (Å²) in [6.45, 7) is 0.578. The highest BCUT2D eigenvalue weighted by molar-refractivity contribution is 7.98. The summed E-state index contributed by atoms with van der Waals surface area (Å²) in [5, 5.41) is 0. The molecule has 0 aliphatic rings. The second-order valence-electron chi connectivity index (χ2n) is 7.30. The maximum atomic E-state index is 11.6. The number of hydrogen-bond acceptors (Lipinski definition) is 6. The van der Waals surface area contributed by atoms with Gasteiger partial charge in [-0.05, 0) is 67.3 Å². The number of hydrogen-bond donors (Lipinski definition) is 0. The van der Waals surface area contributed by atoms with Gasteiger partial charge in [0.05, 0.1) is 26.5 Å². The van der Waals surface area contributed by atoms with Gasteiger partial charge in [-0.1, -0.05) is 30.3 Å². The number of carbonyl (C=O) groups is 1. The molecule has 0 atom stereocenters. The molecule has 172 valence electrons. The number of aromatic nitrogens is 1. The van der Waals surface area contributed by atoms with E-state index in [1.807, 2.05) is 42.5 Å². The van der Waals surface area contributed by atoms with Crippen molar-refractivity contribution in [1.82, 2.24) is 4.98 Å². The molecule has 0 spiro atoms. The van der Waals surface area contributed by atoms with Crippen LogP contribution in [0.1, 0.15) is 29.8 Å². The number of esters is 1. The van der Waals surface area contributed by atoms with Gasteiger partial charge in [-0.3, -0.25) is 0 Å². The van der Waals surface area contributed by atoms with Crippen LogP contribution in [0.25, 0.3) is 6.08 Å². The fourth-order valence-corrected chi connectivity index (χ4v) is 3.95. The zero-order valence-electron chi connectivity index (χ0n) is 19.0. The molecule has 2 aromatic carbocycles. The standard InChI is InChI=1S/C27H29NO4S/c1-30-23-14-11-21(12-15-23)8-6-7-19-32-26-17-13-22(20-33-24-9-4-3-5-10-24)28-25(26)16-18-27(29)31-2/h3-5,9-18H,6-8,19-20H2,1-2H3/b18-16+. The molecule has 0 aliphatic heterocycles. The van der Waals surface area contributed by atoms with Crippen LogP contribution in [-0.2, 0) is 21.7 Å². The third kappa shape index (κ3) is 8.31. The van der Waals surface area contributed by atoms with E-state index in [1.54, 1.807) is 24.9 Å². The third-order valence-corrected chi connectivity index (χ3v) is 5.97. The van der Waals surface area contributed by atoms with Gasteiger partial charge in [0.25, 0.3) is 0 Å². The van der Waals surface area contributed by atoms with Gasteiger partial charge in [-0.25, -0.2) is 9.78 Å². The van der Waals surface area contributed by atoms with E-state index in [2.05, 4.69) is 24.3 Å². The zero-order chi connectivity index (χ0) is 23.3. The monoisotopic (exact) mass is 463 g/mol. The Hall–Kier alpha value is -3.25. The van der Waals surface area contributed by atoms with Crippen molar-refractivity contribution < 1.29 is 19.0 Å². The highest BCUT2D eigenvalue weighted by Crippen LogP contribution is 2.25. The Morgan fingerprint density at radius 3 is 2.48 bits per heavy atom. The Balaban J connectivity index is 1.56. The average molecular weight is 464 g/mol. The molecule has 0 aliphatic carbocycles. The zero-order valence-corrected chi connectivity index (χ0v) is 19.8. The Morgan fingerprint density at radius 1 is 0.970 bits per heavy atom.